The number of aromatic nitrogens is 1. The van der Waals surface area contributed by atoms with Crippen molar-refractivity contribution in [3.8, 4) is 11.5 Å². The Labute approximate surface area is 195 Å². The van der Waals surface area contributed by atoms with Crippen LogP contribution in [0.4, 0.5) is 0 Å². The second-order valence-corrected chi connectivity index (χ2v) is 8.07. The molecule has 0 saturated carbocycles. The van der Waals surface area contributed by atoms with E-state index in [1.165, 1.54) is 6.26 Å². The lowest BCUT2D eigenvalue weighted by Gasteiger charge is -2.28. The van der Waals surface area contributed by atoms with Crippen molar-refractivity contribution in [2.24, 2.45) is 0 Å². The third-order valence-electron chi connectivity index (χ3n) is 5.85. The number of oxazole rings is 1. The Bertz CT molecular complexity index is 1040. The van der Waals surface area contributed by atoms with Crippen LogP contribution in [0.15, 0.2) is 59.2 Å². The van der Waals surface area contributed by atoms with Crippen molar-refractivity contribution in [1.29, 1.82) is 0 Å². The smallest absolute Gasteiger partial charge is 0.273 e. The lowest BCUT2D eigenvalue weighted by Crippen LogP contribution is -2.32. The molecule has 0 aliphatic heterocycles. The minimum Gasteiger partial charge on any atom is -0.497 e. The largest absolute Gasteiger partial charge is 0.497 e. The zero-order chi connectivity index (χ0) is 23.8. The second-order valence-electron chi connectivity index (χ2n) is 8.07. The van der Waals surface area contributed by atoms with Crippen molar-refractivity contribution in [3.05, 3.63) is 77.5 Å². The highest BCUT2D eigenvalue weighted by atomic mass is 16.5. The van der Waals surface area contributed by atoms with E-state index in [0.717, 1.165) is 29.0 Å². The van der Waals surface area contributed by atoms with Gasteiger partial charge in [-0.2, -0.15) is 0 Å². The number of methoxy groups -OCH3 is 2. The number of carbonyl (C=O) groups is 1. The van der Waals surface area contributed by atoms with Crippen molar-refractivity contribution in [2.75, 3.05) is 14.2 Å². The van der Waals surface area contributed by atoms with Gasteiger partial charge in [-0.1, -0.05) is 37.3 Å². The van der Waals surface area contributed by atoms with E-state index in [1.807, 2.05) is 55.5 Å². The predicted molar refractivity (Wildman–Crippen MR) is 127 cm³/mol. The molecule has 0 aliphatic rings. The van der Waals surface area contributed by atoms with Gasteiger partial charge >= 0.3 is 0 Å². The molecule has 0 bridgehead atoms. The van der Waals surface area contributed by atoms with Gasteiger partial charge < -0.3 is 19.2 Å². The Morgan fingerprint density at radius 1 is 1.09 bits per heavy atom. The minimum atomic E-state index is -0.258. The van der Waals surface area contributed by atoms with E-state index in [4.69, 9.17) is 13.9 Å². The molecule has 0 radical (unpaired) electrons. The SMILES string of the molecule is CCC(C)N(Cc1nc(C(=O)NC(C)c2ccccc2)co1)Cc1cc(OC)ccc1OC. The van der Waals surface area contributed by atoms with Gasteiger partial charge in [0.15, 0.2) is 5.69 Å². The molecule has 0 saturated heterocycles. The monoisotopic (exact) mass is 451 g/mol. The van der Waals surface area contributed by atoms with E-state index in [2.05, 4.69) is 29.0 Å². The molecule has 1 aromatic heterocycles. The maximum absolute atomic E-state index is 12.7. The van der Waals surface area contributed by atoms with Gasteiger partial charge in [0.1, 0.15) is 17.8 Å². The number of nitrogens with one attached hydrogen (secondary N) is 1. The summed E-state index contributed by atoms with van der Waals surface area (Å²) in [6.45, 7) is 7.34. The molecule has 33 heavy (non-hydrogen) atoms. The van der Waals surface area contributed by atoms with Gasteiger partial charge in [0, 0.05) is 18.2 Å². The van der Waals surface area contributed by atoms with Gasteiger partial charge in [-0.25, -0.2) is 4.98 Å². The molecule has 3 aromatic rings. The summed E-state index contributed by atoms with van der Waals surface area (Å²) < 4.78 is 16.6. The van der Waals surface area contributed by atoms with Crippen LogP contribution in [0.3, 0.4) is 0 Å². The van der Waals surface area contributed by atoms with E-state index < -0.39 is 0 Å². The summed E-state index contributed by atoms with van der Waals surface area (Å²) in [6.07, 6.45) is 2.37. The number of amides is 1. The molecule has 2 aromatic carbocycles. The van der Waals surface area contributed by atoms with E-state index >= 15 is 0 Å². The average molecular weight is 452 g/mol. The average Bonchev–Trinajstić information content (AvgIpc) is 3.32. The normalized spacial score (nSPS) is 12.9. The first-order chi connectivity index (χ1) is 15.9. The van der Waals surface area contributed by atoms with Crippen LogP contribution in [0.2, 0.25) is 0 Å². The first-order valence-electron chi connectivity index (χ1n) is 11.2. The molecule has 0 fully saturated rings. The highest BCUT2D eigenvalue weighted by molar-refractivity contribution is 5.92. The summed E-state index contributed by atoms with van der Waals surface area (Å²) in [5.41, 5.74) is 2.32. The number of rotatable bonds is 11. The molecule has 0 spiro atoms. The Morgan fingerprint density at radius 2 is 1.85 bits per heavy atom. The van der Waals surface area contributed by atoms with Crippen LogP contribution in [0.1, 0.15) is 60.7 Å². The second kappa shape index (κ2) is 11.5. The van der Waals surface area contributed by atoms with Crippen molar-refractivity contribution in [3.63, 3.8) is 0 Å². The maximum Gasteiger partial charge on any atom is 0.273 e. The van der Waals surface area contributed by atoms with E-state index in [1.54, 1.807) is 14.2 Å². The number of benzene rings is 2. The van der Waals surface area contributed by atoms with Crippen LogP contribution in [-0.4, -0.2) is 36.1 Å². The van der Waals surface area contributed by atoms with Gasteiger partial charge in [0.25, 0.3) is 5.91 Å². The summed E-state index contributed by atoms with van der Waals surface area (Å²) in [6, 6.07) is 15.7. The minimum absolute atomic E-state index is 0.129. The fourth-order valence-electron chi connectivity index (χ4n) is 3.61. The van der Waals surface area contributed by atoms with E-state index in [9.17, 15) is 4.79 Å². The topological polar surface area (TPSA) is 76.8 Å². The first kappa shape index (κ1) is 24.3. The van der Waals surface area contributed by atoms with Crippen LogP contribution in [0.25, 0.3) is 0 Å². The lowest BCUT2D eigenvalue weighted by atomic mass is 10.1. The summed E-state index contributed by atoms with van der Waals surface area (Å²) in [5, 5.41) is 2.98. The summed E-state index contributed by atoms with van der Waals surface area (Å²) in [4.78, 5) is 19.4. The first-order valence-corrected chi connectivity index (χ1v) is 11.2. The third kappa shape index (κ3) is 6.35. The molecule has 0 aliphatic carbocycles. The molecule has 1 amide bonds. The lowest BCUT2D eigenvalue weighted by molar-refractivity contribution is 0.0934. The molecular formula is C26H33N3O4. The molecular weight excluding hydrogens is 418 g/mol. The van der Waals surface area contributed by atoms with Crippen LogP contribution < -0.4 is 14.8 Å². The quantitative estimate of drug-likeness (QED) is 0.443. The highest BCUT2D eigenvalue weighted by Gasteiger charge is 2.21. The van der Waals surface area contributed by atoms with Gasteiger partial charge in [0.05, 0.1) is 26.8 Å². The van der Waals surface area contributed by atoms with Gasteiger partial charge in [-0.3, -0.25) is 9.69 Å². The molecule has 3 rings (SSSR count). The maximum atomic E-state index is 12.7. The van der Waals surface area contributed by atoms with Gasteiger partial charge in [0.2, 0.25) is 5.89 Å². The summed E-state index contributed by atoms with van der Waals surface area (Å²) in [5.74, 6) is 1.81. The van der Waals surface area contributed by atoms with Crippen LogP contribution >= 0.6 is 0 Å². The zero-order valence-corrected chi connectivity index (χ0v) is 20.0. The molecule has 1 heterocycles. The number of hydrogen-bond donors (Lipinski definition) is 1. The summed E-state index contributed by atoms with van der Waals surface area (Å²) >= 11 is 0. The Kier molecular flexibility index (Phi) is 8.49. The van der Waals surface area contributed by atoms with Crippen molar-refractivity contribution >= 4 is 5.91 Å². The molecule has 176 valence electrons. The molecule has 1 N–H and O–H groups in total. The standard InChI is InChI=1S/C26H33N3O4/c1-6-18(2)29(15-21-14-22(31-4)12-13-24(21)32-5)16-25-28-23(17-33-25)26(30)27-19(3)20-10-8-7-9-11-20/h7-14,17-19H,6,15-16H2,1-5H3,(H,27,30). The number of nitrogens with zero attached hydrogens (tertiary/aromatic N) is 2. The number of carbonyl (C=O) groups excluding carboxylic acids is 1. The number of hydrogen-bond acceptors (Lipinski definition) is 6. The third-order valence-corrected chi connectivity index (χ3v) is 5.85. The van der Waals surface area contributed by atoms with E-state index in [0.29, 0.717) is 19.0 Å². The fourth-order valence-corrected chi connectivity index (χ4v) is 3.61. The summed E-state index contributed by atoms with van der Waals surface area (Å²) in [7, 11) is 3.31. The number of ether oxygens (including phenoxy) is 2. The Balaban J connectivity index is 1.71. The van der Waals surface area contributed by atoms with Crippen LogP contribution in [-0.2, 0) is 13.1 Å². The Hall–Kier alpha value is -3.32. The van der Waals surface area contributed by atoms with Gasteiger partial charge in [-0.15, -0.1) is 0 Å². The zero-order valence-electron chi connectivity index (χ0n) is 20.0. The fraction of sp³-hybridized carbons (Fsp3) is 0.385. The Morgan fingerprint density at radius 3 is 2.52 bits per heavy atom. The van der Waals surface area contributed by atoms with Crippen LogP contribution in [0, 0.1) is 0 Å². The molecule has 2 atom stereocenters. The van der Waals surface area contributed by atoms with Crippen molar-refractivity contribution in [2.45, 2.75) is 52.4 Å². The molecule has 7 nitrogen and oxygen atoms in total. The van der Waals surface area contributed by atoms with E-state index in [-0.39, 0.29) is 23.7 Å². The predicted octanol–water partition coefficient (Wildman–Crippen LogP) is 4.98. The van der Waals surface area contributed by atoms with Crippen molar-refractivity contribution in [1.82, 2.24) is 15.2 Å². The molecule has 7 heteroatoms. The highest BCUT2D eigenvalue weighted by Crippen LogP contribution is 2.27. The van der Waals surface area contributed by atoms with Crippen LogP contribution in [0.5, 0.6) is 11.5 Å². The van der Waals surface area contributed by atoms with Crippen molar-refractivity contribution < 1.29 is 18.7 Å². The van der Waals surface area contributed by atoms with Gasteiger partial charge in [-0.05, 0) is 44.0 Å². The molecule has 2 unspecified atom stereocenters.